The molecule has 9 nitrogen and oxygen atoms in total. The lowest BCUT2D eigenvalue weighted by atomic mass is 9.97. The molecule has 2 heterocycles. The van der Waals surface area contributed by atoms with E-state index in [2.05, 4.69) is 10.1 Å². The molecule has 9 heteroatoms. The molecule has 0 unspecified atom stereocenters. The van der Waals surface area contributed by atoms with Crippen molar-refractivity contribution in [1.29, 1.82) is 0 Å². The van der Waals surface area contributed by atoms with Crippen molar-refractivity contribution >= 4 is 5.91 Å². The van der Waals surface area contributed by atoms with Gasteiger partial charge in [0.15, 0.2) is 11.5 Å². The highest BCUT2D eigenvalue weighted by Gasteiger charge is 2.29. The van der Waals surface area contributed by atoms with E-state index in [-0.39, 0.29) is 11.8 Å². The summed E-state index contributed by atoms with van der Waals surface area (Å²) in [5.41, 5.74) is 1.32. The minimum Gasteiger partial charge on any atom is -0.494 e. The van der Waals surface area contributed by atoms with Gasteiger partial charge in [0.1, 0.15) is 5.75 Å². The van der Waals surface area contributed by atoms with Crippen molar-refractivity contribution in [2.24, 2.45) is 0 Å². The van der Waals surface area contributed by atoms with Crippen LogP contribution in [0.5, 0.6) is 23.0 Å². The number of carbonyl (C=O) groups is 1. The summed E-state index contributed by atoms with van der Waals surface area (Å²) >= 11 is 0. The van der Waals surface area contributed by atoms with Crippen molar-refractivity contribution in [3.63, 3.8) is 0 Å². The van der Waals surface area contributed by atoms with Crippen LogP contribution in [0, 0.1) is 0 Å². The second kappa shape index (κ2) is 10.5. The van der Waals surface area contributed by atoms with Gasteiger partial charge < -0.3 is 28.4 Å². The first-order chi connectivity index (χ1) is 16.6. The van der Waals surface area contributed by atoms with Crippen LogP contribution in [-0.4, -0.2) is 62.0 Å². The predicted octanol–water partition coefficient (Wildman–Crippen LogP) is 4.18. The summed E-state index contributed by atoms with van der Waals surface area (Å²) in [5.74, 6) is 3.13. The van der Waals surface area contributed by atoms with Gasteiger partial charge in [0.2, 0.25) is 17.5 Å². The standard InChI is InChI=1S/C25H29N3O6/c1-5-33-19-10-8-16(9-11-19)25(29)28-12-6-7-17(15-28)24-26-23(27-34-24)18-13-20(30-2)22(32-4)21(14-18)31-3/h8-11,13-14,17H,5-7,12,15H2,1-4H3/t17-/m0/s1. The third kappa shape index (κ3) is 4.78. The number of amides is 1. The Morgan fingerprint density at radius 3 is 2.41 bits per heavy atom. The largest absolute Gasteiger partial charge is 0.494 e. The van der Waals surface area contributed by atoms with Crippen molar-refractivity contribution in [2.45, 2.75) is 25.7 Å². The first-order valence-electron chi connectivity index (χ1n) is 11.2. The van der Waals surface area contributed by atoms with E-state index >= 15 is 0 Å². The van der Waals surface area contributed by atoms with Crippen molar-refractivity contribution in [1.82, 2.24) is 15.0 Å². The first-order valence-corrected chi connectivity index (χ1v) is 11.2. The van der Waals surface area contributed by atoms with Gasteiger partial charge in [-0.1, -0.05) is 5.16 Å². The number of rotatable bonds is 8. The Hall–Kier alpha value is -3.75. The Labute approximate surface area is 198 Å². The molecular formula is C25H29N3O6. The predicted molar refractivity (Wildman–Crippen MR) is 125 cm³/mol. The molecule has 1 aliphatic rings. The fourth-order valence-electron chi connectivity index (χ4n) is 4.13. The van der Waals surface area contributed by atoms with Gasteiger partial charge in [0.25, 0.3) is 5.91 Å². The number of aromatic nitrogens is 2. The van der Waals surface area contributed by atoms with Crippen LogP contribution in [0.4, 0.5) is 0 Å². The zero-order valence-corrected chi connectivity index (χ0v) is 19.9. The zero-order chi connectivity index (χ0) is 24.1. The van der Waals surface area contributed by atoms with Gasteiger partial charge in [0.05, 0.1) is 33.9 Å². The third-order valence-electron chi connectivity index (χ3n) is 5.83. The van der Waals surface area contributed by atoms with Crippen LogP contribution in [0.1, 0.15) is 41.9 Å². The maximum Gasteiger partial charge on any atom is 0.253 e. The van der Waals surface area contributed by atoms with E-state index in [1.165, 1.54) is 0 Å². The average molecular weight is 468 g/mol. The summed E-state index contributed by atoms with van der Waals surface area (Å²) in [5, 5.41) is 4.17. The molecule has 0 spiro atoms. The Morgan fingerprint density at radius 2 is 1.79 bits per heavy atom. The highest BCUT2D eigenvalue weighted by Crippen LogP contribution is 2.41. The van der Waals surface area contributed by atoms with Crippen LogP contribution in [0.15, 0.2) is 40.9 Å². The molecule has 1 atom stereocenters. The van der Waals surface area contributed by atoms with Crippen LogP contribution in [0.25, 0.3) is 11.4 Å². The van der Waals surface area contributed by atoms with E-state index < -0.39 is 0 Å². The monoisotopic (exact) mass is 467 g/mol. The number of hydrogen-bond acceptors (Lipinski definition) is 8. The number of piperidine rings is 1. The van der Waals surface area contributed by atoms with E-state index in [1.807, 2.05) is 24.0 Å². The van der Waals surface area contributed by atoms with E-state index in [9.17, 15) is 4.79 Å². The van der Waals surface area contributed by atoms with Gasteiger partial charge in [0, 0.05) is 24.2 Å². The lowest BCUT2D eigenvalue weighted by Gasteiger charge is -2.31. The number of carbonyl (C=O) groups excluding carboxylic acids is 1. The van der Waals surface area contributed by atoms with Gasteiger partial charge >= 0.3 is 0 Å². The van der Waals surface area contributed by atoms with Crippen molar-refractivity contribution < 1.29 is 28.3 Å². The molecule has 180 valence electrons. The zero-order valence-electron chi connectivity index (χ0n) is 19.9. The maximum atomic E-state index is 13.1. The van der Waals surface area contributed by atoms with Crippen LogP contribution in [0.3, 0.4) is 0 Å². The molecule has 0 saturated carbocycles. The number of hydrogen-bond donors (Lipinski definition) is 0. The third-order valence-corrected chi connectivity index (χ3v) is 5.83. The summed E-state index contributed by atoms with van der Waals surface area (Å²) in [7, 11) is 4.66. The number of methoxy groups -OCH3 is 3. The fourth-order valence-corrected chi connectivity index (χ4v) is 4.13. The number of ether oxygens (including phenoxy) is 4. The molecule has 1 aliphatic heterocycles. The second-order valence-electron chi connectivity index (χ2n) is 7.92. The van der Waals surface area contributed by atoms with Crippen LogP contribution < -0.4 is 18.9 Å². The van der Waals surface area contributed by atoms with Gasteiger partial charge in [-0.05, 0) is 56.2 Å². The minimum absolute atomic E-state index is 0.0166. The van der Waals surface area contributed by atoms with Gasteiger partial charge in [-0.15, -0.1) is 0 Å². The van der Waals surface area contributed by atoms with Gasteiger partial charge in [-0.2, -0.15) is 4.98 Å². The molecule has 1 saturated heterocycles. The molecule has 1 amide bonds. The van der Waals surface area contributed by atoms with Crippen LogP contribution in [0.2, 0.25) is 0 Å². The van der Waals surface area contributed by atoms with Crippen molar-refractivity contribution in [3.8, 4) is 34.4 Å². The molecule has 3 aromatic rings. The quantitative estimate of drug-likeness (QED) is 0.487. The molecule has 0 radical (unpaired) electrons. The SMILES string of the molecule is CCOc1ccc(C(=O)N2CCC[C@H](c3nc(-c4cc(OC)c(OC)c(OC)c4)no3)C2)cc1. The molecule has 1 aromatic heterocycles. The van der Waals surface area contributed by atoms with E-state index in [1.54, 1.807) is 45.6 Å². The van der Waals surface area contributed by atoms with Crippen molar-refractivity contribution in [3.05, 3.63) is 47.9 Å². The molecule has 1 fully saturated rings. The topological polar surface area (TPSA) is 96.2 Å². The lowest BCUT2D eigenvalue weighted by Crippen LogP contribution is -2.39. The number of likely N-dealkylation sites (tertiary alicyclic amines) is 1. The normalized spacial score (nSPS) is 15.6. The van der Waals surface area contributed by atoms with Gasteiger partial charge in [-0.3, -0.25) is 4.79 Å². The summed E-state index contributed by atoms with van der Waals surface area (Å²) in [6.07, 6.45) is 1.72. The molecule has 0 bridgehead atoms. The maximum absolute atomic E-state index is 13.1. The van der Waals surface area contributed by atoms with Gasteiger partial charge in [-0.25, -0.2) is 0 Å². The van der Waals surface area contributed by atoms with E-state index in [4.69, 9.17) is 23.5 Å². The fraction of sp³-hybridized carbons (Fsp3) is 0.400. The Balaban J connectivity index is 1.51. The molecule has 4 rings (SSSR count). The molecule has 0 aliphatic carbocycles. The smallest absolute Gasteiger partial charge is 0.253 e. The Bertz CT molecular complexity index is 1100. The lowest BCUT2D eigenvalue weighted by molar-refractivity contribution is 0.0695. The summed E-state index contributed by atoms with van der Waals surface area (Å²) in [6, 6.07) is 10.8. The molecule has 2 aromatic carbocycles. The molecular weight excluding hydrogens is 438 g/mol. The Kier molecular flexibility index (Phi) is 7.20. The number of nitrogens with zero attached hydrogens (tertiary/aromatic N) is 3. The summed E-state index contributed by atoms with van der Waals surface area (Å²) in [4.78, 5) is 19.5. The molecule has 34 heavy (non-hydrogen) atoms. The molecule has 0 N–H and O–H groups in total. The highest BCUT2D eigenvalue weighted by atomic mass is 16.5. The Morgan fingerprint density at radius 1 is 1.09 bits per heavy atom. The first kappa shape index (κ1) is 23.4. The van der Waals surface area contributed by atoms with Crippen LogP contribution >= 0.6 is 0 Å². The van der Waals surface area contributed by atoms with E-state index in [0.29, 0.717) is 59.8 Å². The number of benzene rings is 2. The second-order valence-corrected chi connectivity index (χ2v) is 7.92. The van der Waals surface area contributed by atoms with Crippen LogP contribution in [-0.2, 0) is 0 Å². The minimum atomic E-state index is -0.0383. The summed E-state index contributed by atoms with van der Waals surface area (Å²) in [6.45, 7) is 3.72. The summed E-state index contributed by atoms with van der Waals surface area (Å²) < 4.78 is 27.3. The van der Waals surface area contributed by atoms with Crippen molar-refractivity contribution in [2.75, 3.05) is 41.0 Å². The highest BCUT2D eigenvalue weighted by molar-refractivity contribution is 5.94. The average Bonchev–Trinajstić information content (AvgIpc) is 3.38. The van der Waals surface area contributed by atoms with E-state index in [0.717, 1.165) is 18.6 Å².